The fraction of sp³-hybridized carbons (Fsp3) is 0.500. The van der Waals surface area contributed by atoms with Crippen molar-refractivity contribution < 1.29 is 13.5 Å². The van der Waals surface area contributed by atoms with Crippen LogP contribution in [0.25, 0.3) is 0 Å². The Morgan fingerprint density at radius 1 is 1.56 bits per heavy atom. The highest BCUT2D eigenvalue weighted by molar-refractivity contribution is 6.21. The molecule has 1 rings (SSSR count). The largest absolute Gasteiger partial charge is 0.383 e. The zero-order chi connectivity index (χ0) is 12.1. The van der Waals surface area contributed by atoms with Gasteiger partial charge in [0.05, 0.1) is 18.2 Å². The highest BCUT2D eigenvalue weighted by Crippen LogP contribution is 2.16. The molecule has 1 heterocycles. The molecule has 1 atom stereocenters. The third-order valence-electron chi connectivity index (χ3n) is 1.97. The summed E-state index contributed by atoms with van der Waals surface area (Å²) in [6.07, 6.45) is 0.967. The second-order valence-electron chi connectivity index (χ2n) is 3.39. The van der Waals surface area contributed by atoms with E-state index < -0.39 is 11.6 Å². The molecule has 0 spiro atoms. The fourth-order valence-electron chi connectivity index (χ4n) is 1.31. The SMILES string of the molecule is COCC(Cl)CN(C)c1ncc(F)cc1F. The van der Waals surface area contributed by atoms with Gasteiger partial charge in [-0.25, -0.2) is 13.8 Å². The van der Waals surface area contributed by atoms with Crippen LogP contribution in [-0.4, -0.2) is 37.7 Å². The number of anilines is 1. The first-order valence-corrected chi connectivity index (χ1v) is 5.13. The molecule has 16 heavy (non-hydrogen) atoms. The molecule has 3 nitrogen and oxygen atoms in total. The van der Waals surface area contributed by atoms with E-state index in [-0.39, 0.29) is 11.2 Å². The first kappa shape index (κ1) is 13.1. The summed E-state index contributed by atoms with van der Waals surface area (Å²) in [5.74, 6) is -1.33. The number of alkyl halides is 1. The zero-order valence-corrected chi connectivity index (χ0v) is 9.84. The lowest BCUT2D eigenvalue weighted by molar-refractivity contribution is 0.199. The van der Waals surface area contributed by atoms with Gasteiger partial charge in [-0.3, -0.25) is 0 Å². The number of halogens is 3. The Hall–Kier alpha value is -0.940. The Kier molecular flexibility index (Phi) is 4.89. The predicted octanol–water partition coefficient (Wildman–Crippen LogP) is 2.05. The normalized spacial score (nSPS) is 12.6. The molecular weight excluding hydrogens is 238 g/mol. The number of nitrogens with zero attached hydrogens (tertiary/aromatic N) is 2. The first-order chi connectivity index (χ1) is 7.54. The van der Waals surface area contributed by atoms with Gasteiger partial charge in [0.25, 0.3) is 0 Å². The van der Waals surface area contributed by atoms with Crippen LogP contribution < -0.4 is 4.90 Å². The minimum Gasteiger partial charge on any atom is -0.383 e. The Labute approximate surface area is 98.0 Å². The first-order valence-electron chi connectivity index (χ1n) is 4.69. The maximum Gasteiger partial charge on any atom is 0.168 e. The quantitative estimate of drug-likeness (QED) is 0.748. The summed E-state index contributed by atoms with van der Waals surface area (Å²) in [5.41, 5.74) is 0. The van der Waals surface area contributed by atoms with Crippen LogP contribution in [0.3, 0.4) is 0 Å². The molecule has 0 N–H and O–H groups in total. The smallest absolute Gasteiger partial charge is 0.168 e. The molecular formula is C10H13ClF2N2O. The Balaban J connectivity index is 2.69. The van der Waals surface area contributed by atoms with Crippen molar-refractivity contribution >= 4 is 17.4 Å². The van der Waals surface area contributed by atoms with Crippen molar-refractivity contribution in [3.05, 3.63) is 23.9 Å². The number of hydrogen-bond donors (Lipinski definition) is 0. The molecule has 90 valence electrons. The summed E-state index contributed by atoms with van der Waals surface area (Å²) in [4.78, 5) is 5.19. The molecule has 0 radical (unpaired) electrons. The molecule has 0 aliphatic rings. The molecule has 1 aromatic rings. The third kappa shape index (κ3) is 3.57. The van der Waals surface area contributed by atoms with Crippen molar-refractivity contribution in [2.45, 2.75) is 5.38 Å². The average Bonchev–Trinajstić information content (AvgIpc) is 2.17. The second kappa shape index (κ2) is 5.96. The molecule has 0 bridgehead atoms. The van der Waals surface area contributed by atoms with E-state index in [0.29, 0.717) is 13.2 Å². The van der Waals surface area contributed by atoms with E-state index in [1.54, 1.807) is 7.05 Å². The van der Waals surface area contributed by atoms with E-state index in [4.69, 9.17) is 16.3 Å². The van der Waals surface area contributed by atoms with Gasteiger partial charge in [0, 0.05) is 26.8 Å². The van der Waals surface area contributed by atoms with E-state index in [1.165, 1.54) is 12.0 Å². The van der Waals surface area contributed by atoms with E-state index in [2.05, 4.69) is 4.98 Å². The minimum atomic E-state index is -0.705. The van der Waals surface area contributed by atoms with Crippen LogP contribution in [0.4, 0.5) is 14.6 Å². The van der Waals surface area contributed by atoms with E-state index in [1.807, 2.05) is 0 Å². The summed E-state index contributed by atoms with van der Waals surface area (Å²) in [6, 6.07) is 0.790. The lowest BCUT2D eigenvalue weighted by Crippen LogP contribution is -2.29. The topological polar surface area (TPSA) is 25.4 Å². The fourth-order valence-corrected chi connectivity index (χ4v) is 1.64. The minimum absolute atomic E-state index is 0.0724. The monoisotopic (exact) mass is 250 g/mol. The predicted molar refractivity (Wildman–Crippen MR) is 58.9 cm³/mol. The van der Waals surface area contributed by atoms with Gasteiger partial charge >= 0.3 is 0 Å². The molecule has 6 heteroatoms. The van der Waals surface area contributed by atoms with Crippen molar-refractivity contribution in [3.63, 3.8) is 0 Å². The molecule has 0 aliphatic heterocycles. The van der Waals surface area contributed by atoms with Crippen LogP contribution in [0.2, 0.25) is 0 Å². The highest BCUT2D eigenvalue weighted by Gasteiger charge is 2.14. The molecule has 0 aliphatic carbocycles. The van der Waals surface area contributed by atoms with Gasteiger partial charge < -0.3 is 9.64 Å². The van der Waals surface area contributed by atoms with Gasteiger partial charge in [-0.05, 0) is 0 Å². The van der Waals surface area contributed by atoms with E-state index in [9.17, 15) is 8.78 Å². The molecule has 1 unspecified atom stereocenters. The van der Waals surface area contributed by atoms with Crippen LogP contribution in [0.5, 0.6) is 0 Å². The van der Waals surface area contributed by atoms with Gasteiger partial charge in [0.1, 0.15) is 5.82 Å². The summed E-state index contributed by atoms with van der Waals surface area (Å²) >= 11 is 5.92. The lowest BCUT2D eigenvalue weighted by atomic mass is 10.3. The standard InChI is InChI=1S/C10H13ClF2N2O/c1-15(5-7(11)6-16-2)10-9(13)3-8(12)4-14-10/h3-4,7H,5-6H2,1-2H3. The molecule has 1 aromatic heterocycles. The lowest BCUT2D eigenvalue weighted by Gasteiger charge is -2.21. The number of ether oxygens (including phenoxy) is 1. The molecule has 0 saturated carbocycles. The van der Waals surface area contributed by atoms with Crippen molar-refractivity contribution in [1.82, 2.24) is 4.98 Å². The van der Waals surface area contributed by atoms with Gasteiger partial charge in [0.15, 0.2) is 11.6 Å². The number of hydrogen-bond acceptors (Lipinski definition) is 3. The second-order valence-corrected chi connectivity index (χ2v) is 4.01. The molecule has 0 aromatic carbocycles. The molecule has 0 saturated heterocycles. The average molecular weight is 251 g/mol. The van der Waals surface area contributed by atoms with Crippen molar-refractivity contribution in [2.24, 2.45) is 0 Å². The molecule has 0 amide bonds. The van der Waals surface area contributed by atoms with Crippen LogP contribution in [0.15, 0.2) is 12.3 Å². The van der Waals surface area contributed by atoms with Crippen molar-refractivity contribution in [3.8, 4) is 0 Å². The van der Waals surface area contributed by atoms with Gasteiger partial charge in [-0.2, -0.15) is 0 Å². The summed E-state index contributed by atoms with van der Waals surface area (Å²) in [5, 5.41) is -0.277. The Morgan fingerprint density at radius 3 is 2.81 bits per heavy atom. The Bertz CT molecular complexity index is 352. The summed E-state index contributed by atoms with van der Waals surface area (Å²) < 4.78 is 30.8. The van der Waals surface area contributed by atoms with Crippen LogP contribution in [0, 0.1) is 11.6 Å². The van der Waals surface area contributed by atoms with Gasteiger partial charge in [-0.15, -0.1) is 11.6 Å². The zero-order valence-electron chi connectivity index (χ0n) is 9.08. The number of pyridine rings is 1. The number of methoxy groups -OCH3 is 1. The van der Waals surface area contributed by atoms with Crippen molar-refractivity contribution in [1.29, 1.82) is 0 Å². The number of aromatic nitrogens is 1. The molecule has 0 fully saturated rings. The van der Waals surface area contributed by atoms with E-state index in [0.717, 1.165) is 12.3 Å². The van der Waals surface area contributed by atoms with Crippen LogP contribution >= 0.6 is 11.6 Å². The Morgan fingerprint density at radius 2 is 2.25 bits per heavy atom. The maximum atomic E-state index is 13.3. The summed E-state index contributed by atoms with van der Waals surface area (Å²) in [6.45, 7) is 0.722. The van der Waals surface area contributed by atoms with Gasteiger partial charge in [0.2, 0.25) is 0 Å². The highest BCUT2D eigenvalue weighted by atomic mass is 35.5. The number of rotatable bonds is 5. The van der Waals surface area contributed by atoms with Gasteiger partial charge in [-0.1, -0.05) is 0 Å². The summed E-state index contributed by atoms with van der Waals surface area (Å²) in [7, 11) is 3.17. The van der Waals surface area contributed by atoms with Crippen LogP contribution in [-0.2, 0) is 4.74 Å². The van der Waals surface area contributed by atoms with Crippen LogP contribution in [0.1, 0.15) is 0 Å². The third-order valence-corrected chi connectivity index (χ3v) is 2.23. The van der Waals surface area contributed by atoms with Crippen molar-refractivity contribution in [2.75, 3.05) is 32.2 Å². The maximum absolute atomic E-state index is 13.3. The van der Waals surface area contributed by atoms with E-state index >= 15 is 0 Å².